The second-order valence-electron chi connectivity index (χ2n) is 9.74. The number of hydrogen-bond donors (Lipinski definition) is 0. The van der Waals surface area contributed by atoms with Gasteiger partial charge in [-0.3, -0.25) is 0 Å². The third-order valence-electron chi connectivity index (χ3n) is 7.22. The maximum atomic E-state index is 5.79. The molecule has 1 aliphatic rings. The lowest BCUT2D eigenvalue weighted by atomic mass is 10.1. The molecule has 5 rings (SSSR count). The van der Waals surface area contributed by atoms with E-state index in [1.807, 2.05) is 47.4 Å². The number of hydrogen-bond acceptors (Lipinski definition) is 10. The Morgan fingerprint density at radius 1 is 0.667 bits per heavy atom. The first kappa shape index (κ1) is 29.6. The van der Waals surface area contributed by atoms with Gasteiger partial charge in [-0.1, -0.05) is 0 Å². The number of anilines is 2. The Morgan fingerprint density at radius 2 is 1.10 bits per heavy atom. The Kier molecular flexibility index (Phi) is 10.1. The third kappa shape index (κ3) is 6.93. The average Bonchev–Trinajstić information content (AvgIpc) is 3.68. The summed E-state index contributed by atoms with van der Waals surface area (Å²) in [5.41, 5.74) is 3.74. The Labute approximate surface area is 255 Å². The second kappa shape index (κ2) is 14.3. The number of aromatic nitrogens is 2. The van der Waals surface area contributed by atoms with Gasteiger partial charge in [0.15, 0.2) is 0 Å². The van der Waals surface area contributed by atoms with E-state index in [-0.39, 0.29) is 0 Å². The predicted molar refractivity (Wildman–Crippen MR) is 168 cm³/mol. The van der Waals surface area contributed by atoms with Gasteiger partial charge < -0.3 is 19.3 Å². The summed E-state index contributed by atoms with van der Waals surface area (Å²) < 4.78 is 15.7. The topological polar surface area (TPSA) is 82.1 Å². The first-order valence-corrected chi connectivity index (χ1v) is 16.0. The van der Waals surface area contributed by atoms with E-state index < -0.39 is 0 Å². The van der Waals surface area contributed by atoms with Crippen molar-refractivity contribution in [2.24, 2.45) is 20.5 Å². The third-order valence-corrected chi connectivity index (χ3v) is 8.79. The van der Waals surface area contributed by atoms with Crippen LogP contribution in [0.3, 0.4) is 0 Å². The fraction of sp³-hybridized carbons (Fsp3) is 0.400. The van der Waals surface area contributed by atoms with E-state index >= 15 is 0 Å². The van der Waals surface area contributed by atoms with Crippen LogP contribution in [0.25, 0.3) is 0 Å². The SMILES string of the molecule is CC[n+]1ccsc1/N=N/c1ccc(N2CCCN(c3ccc(/N=N/c4scc[n+]4CC)cc3OC)CCC2)c(OC)c1. The molecule has 1 aliphatic heterocycles. The number of nitrogens with zero attached hydrogens (tertiary/aromatic N) is 8. The molecule has 2 aromatic heterocycles. The van der Waals surface area contributed by atoms with Crippen LogP contribution in [0.15, 0.2) is 80.0 Å². The zero-order valence-corrected chi connectivity index (χ0v) is 26.3. The molecular weight excluding hydrogens is 569 g/mol. The summed E-state index contributed by atoms with van der Waals surface area (Å²) in [4.78, 5) is 4.82. The average molecular weight is 607 g/mol. The van der Waals surface area contributed by atoms with Crippen molar-refractivity contribution in [2.45, 2.75) is 39.8 Å². The van der Waals surface area contributed by atoms with Gasteiger partial charge in [0.25, 0.3) is 0 Å². The van der Waals surface area contributed by atoms with Crippen LogP contribution in [0.2, 0.25) is 0 Å². The first-order valence-electron chi connectivity index (χ1n) is 14.3. The summed E-state index contributed by atoms with van der Waals surface area (Å²) in [6, 6.07) is 12.2. The smallest absolute Gasteiger partial charge is 0.408 e. The molecule has 0 spiro atoms. The number of aryl methyl sites for hydroxylation is 2. The molecule has 2 aromatic carbocycles. The van der Waals surface area contributed by atoms with Gasteiger partial charge in [0.05, 0.1) is 48.9 Å². The molecule has 1 saturated heterocycles. The minimum Gasteiger partial charge on any atom is -0.495 e. The summed E-state index contributed by atoms with van der Waals surface area (Å²) in [7, 11) is 3.43. The number of azo groups is 2. The highest BCUT2D eigenvalue weighted by molar-refractivity contribution is 7.13. The van der Waals surface area contributed by atoms with Crippen molar-refractivity contribution in [1.29, 1.82) is 0 Å². The minimum atomic E-state index is 0.778. The molecule has 0 amide bonds. The van der Waals surface area contributed by atoms with Crippen LogP contribution in [-0.4, -0.2) is 40.4 Å². The largest absolute Gasteiger partial charge is 0.495 e. The Morgan fingerprint density at radius 3 is 1.48 bits per heavy atom. The van der Waals surface area contributed by atoms with Crippen LogP contribution in [0.5, 0.6) is 11.5 Å². The molecule has 12 heteroatoms. The van der Waals surface area contributed by atoms with Gasteiger partial charge in [0.1, 0.15) is 35.3 Å². The van der Waals surface area contributed by atoms with Crippen LogP contribution >= 0.6 is 22.7 Å². The Hall–Kier alpha value is -3.90. The lowest BCUT2D eigenvalue weighted by Crippen LogP contribution is -2.37. The summed E-state index contributed by atoms with van der Waals surface area (Å²) >= 11 is 3.16. The normalized spacial score (nSPS) is 14.5. The molecule has 0 bridgehead atoms. The lowest BCUT2D eigenvalue weighted by Gasteiger charge is -2.34. The molecule has 0 atom stereocenters. The van der Waals surface area contributed by atoms with Crippen molar-refractivity contribution < 1.29 is 18.6 Å². The van der Waals surface area contributed by atoms with Crippen LogP contribution in [0.1, 0.15) is 26.7 Å². The van der Waals surface area contributed by atoms with Crippen LogP contribution < -0.4 is 28.4 Å². The van der Waals surface area contributed by atoms with Gasteiger partial charge in [-0.25, -0.2) is 9.13 Å². The van der Waals surface area contributed by atoms with E-state index in [1.54, 1.807) is 36.9 Å². The molecule has 0 radical (unpaired) electrons. The van der Waals surface area contributed by atoms with Crippen molar-refractivity contribution >= 4 is 55.7 Å². The Balaban J connectivity index is 1.24. The number of rotatable bonds is 10. The molecule has 220 valence electrons. The van der Waals surface area contributed by atoms with Gasteiger partial charge in [-0.15, -0.1) is 0 Å². The van der Waals surface area contributed by atoms with E-state index in [9.17, 15) is 0 Å². The first-order chi connectivity index (χ1) is 20.6. The second-order valence-corrected chi connectivity index (χ2v) is 11.5. The van der Waals surface area contributed by atoms with E-state index in [2.05, 4.69) is 65.4 Å². The van der Waals surface area contributed by atoms with E-state index in [0.29, 0.717) is 0 Å². The molecule has 1 fully saturated rings. The zero-order valence-electron chi connectivity index (χ0n) is 24.6. The van der Waals surface area contributed by atoms with E-state index in [0.717, 1.165) is 96.6 Å². The van der Waals surface area contributed by atoms with Crippen LogP contribution in [0.4, 0.5) is 33.0 Å². The van der Waals surface area contributed by atoms with Gasteiger partial charge in [0, 0.05) is 49.1 Å². The molecule has 4 aromatic rings. The van der Waals surface area contributed by atoms with Gasteiger partial charge in [-0.05, 0) is 83.9 Å². The molecular formula is C30H38N8O2S2+2. The van der Waals surface area contributed by atoms with E-state index in [4.69, 9.17) is 9.47 Å². The minimum absolute atomic E-state index is 0.778. The number of methoxy groups -OCH3 is 2. The monoisotopic (exact) mass is 606 g/mol. The highest BCUT2D eigenvalue weighted by Crippen LogP contribution is 2.36. The summed E-state index contributed by atoms with van der Waals surface area (Å²) in [5.74, 6) is 1.63. The highest BCUT2D eigenvalue weighted by Gasteiger charge is 2.20. The van der Waals surface area contributed by atoms with Crippen molar-refractivity contribution in [2.75, 3.05) is 50.2 Å². The van der Waals surface area contributed by atoms with Gasteiger partial charge in [-0.2, -0.15) is 0 Å². The quantitative estimate of drug-likeness (QED) is 0.139. The molecule has 0 saturated carbocycles. The van der Waals surface area contributed by atoms with Crippen molar-refractivity contribution in [3.05, 3.63) is 59.6 Å². The molecule has 42 heavy (non-hydrogen) atoms. The van der Waals surface area contributed by atoms with Crippen molar-refractivity contribution in [3.63, 3.8) is 0 Å². The predicted octanol–water partition coefficient (Wildman–Crippen LogP) is 7.38. The van der Waals surface area contributed by atoms with Crippen molar-refractivity contribution in [1.82, 2.24) is 0 Å². The molecule has 0 N–H and O–H groups in total. The van der Waals surface area contributed by atoms with Gasteiger partial charge >= 0.3 is 10.3 Å². The number of thiazole rings is 2. The molecule has 0 unspecified atom stereocenters. The molecule has 10 nitrogen and oxygen atoms in total. The Bertz CT molecular complexity index is 1410. The number of ether oxygens (including phenoxy) is 2. The zero-order chi connectivity index (χ0) is 29.3. The standard InChI is InChI=1S/C30H38N8O2S2/c1-5-35-17-19-41-29(35)33-31-23-9-11-25(27(21-23)39-3)37-13-7-15-38(16-8-14-37)26-12-10-24(22-28(26)40-4)32-34-30-36(6-2)18-20-42-30/h9-12,17-22H,5-8,13-16H2,1-4H3/q+2. The molecule has 0 aliphatic carbocycles. The van der Waals surface area contributed by atoms with Crippen molar-refractivity contribution in [3.8, 4) is 11.5 Å². The lowest BCUT2D eigenvalue weighted by molar-refractivity contribution is -0.677. The fourth-order valence-corrected chi connectivity index (χ4v) is 6.51. The maximum Gasteiger partial charge on any atom is 0.408 e. The van der Waals surface area contributed by atoms with E-state index in [1.165, 1.54) is 0 Å². The fourth-order valence-electron chi connectivity index (χ4n) is 5.03. The maximum absolute atomic E-state index is 5.79. The van der Waals surface area contributed by atoms with Crippen LogP contribution in [0, 0.1) is 0 Å². The summed E-state index contributed by atoms with van der Waals surface area (Å²) in [5, 5.41) is 23.6. The van der Waals surface area contributed by atoms with Gasteiger partial charge in [0.2, 0.25) is 0 Å². The summed E-state index contributed by atoms with van der Waals surface area (Å²) in [6.45, 7) is 9.62. The summed E-state index contributed by atoms with van der Waals surface area (Å²) in [6.07, 6.45) is 6.05. The molecule has 3 heterocycles. The number of benzene rings is 2. The highest BCUT2D eigenvalue weighted by atomic mass is 32.1. The van der Waals surface area contributed by atoms with Crippen LogP contribution in [-0.2, 0) is 13.1 Å².